The van der Waals surface area contributed by atoms with Crippen LogP contribution < -0.4 is 4.90 Å². The fraction of sp³-hybridized carbons (Fsp3) is 0.500. The number of aromatic nitrogens is 2. The molecule has 2 heterocycles. The highest BCUT2D eigenvalue weighted by atomic mass is 16.2. The van der Waals surface area contributed by atoms with Gasteiger partial charge in [0.1, 0.15) is 11.5 Å². The van der Waals surface area contributed by atoms with Crippen LogP contribution in [0.2, 0.25) is 0 Å². The van der Waals surface area contributed by atoms with E-state index in [0.29, 0.717) is 11.5 Å². The summed E-state index contributed by atoms with van der Waals surface area (Å²) in [5, 5.41) is 0. The third-order valence-corrected chi connectivity index (χ3v) is 5.31. The summed E-state index contributed by atoms with van der Waals surface area (Å²) in [6.07, 6.45) is 2.21. The van der Waals surface area contributed by atoms with Crippen molar-refractivity contribution in [2.45, 2.75) is 26.7 Å². The maximum Gasteiger partial charge on any atom is 0.272 e. The Morgan fingerprint density at radius 1 is 1.07 bits per heavy atom. The molecule has 1 saturated heterocycles. The lowest BCUT2D eigenvalue weighted by molar-refractivity contribution is 0.0637. The lowest BCUT2D eigenvalue weighted by Gasteiger charge is -2.34. The Kier molecular flexibility index (Phi) is 6.98. The minimum atomic E-state index is 0.000440. The number of hydrogen-bond acceptors (Lipinski definition) is 5. The molecule has 0 aliphatic carbocycles. The van der Waals surface area contributed by atoms with Crippen molar-refractivity contribution in [2.75, 3.05) is 51.2 Å². The van der Waals surface area contributed by atoms with E-state index in [2.05, 4.69) is 28.6 Å². The van der Waals surface area contributed by atoms with Gasteiger partial charge >= 0.3 is 0 Å². The van der Waals surface area contributed by atoms with Crippen LogP contribution >= 0.6 is 0 Å². The first-order valence-electron chi connectivity index (χ1n) is 10.3. The lowest BCUT2D eigenvalue weighted by atomic mass is 10.2. The zero-order valence-corrected chi connectivity index (χ0v) is 17.3. The van der Waals surface area contributed by atoms with Crippen molar-refractivity contribution in [3.8, 4) is 11.4 Å². The second-order valence-electron chi connectivity index (χ2n) is 7.30. The molecule has 1 aliphatic rings. The fourth-order valence-electron chi connectivity index (χ4n) is 3.39. The molecule has 0 unspecified atom stereocenters. The van der Waals surface area contributed by atoms with Crippen molar-refractivity contribution in [2.24, 2.45) is 0 Å². The first-order valence-corrected chi connectivity index (χ1v) is 10.3. The maximum atomic E-state index is 13.2. The van der Waals surface area contributed by atoms with Crippen LogP contribution in [0, 0.1) is 0 Å². The molecule has 0 radical (unpaired) electrons. The van der Waals surface area contributed by atoms with Gasteiger partial charge in [-0.3, -0.25) is 4.79 Å². The van der Waals surface area contributed by atoms with Gasteiger partial charge in [0.15, 0.2) is 5.82 Å². The third-order valence-electron chi connectivity index (χ3n) is 5.31. The van der Waals surface area contributed by atoms with Crippen LogP contribution in [0.1, 0.15) is 37.2 Å². The van der Waals surface area contributed by atoms with Crippen molar-refractivity contribution in [3.63, 3.8) is 0 Å². The Hall–Kier alpha value is -2.47. The van der Waals surface area contributed by atoms with Gasteiger partial charge in [-0.1, -0.05) is 50.6 Å². The van der Waals surface area contributed by atoms with E-state index in [-0.39, 0.29) is 5.91 Å². The molecule has 1 aromatic heterocycles. The van der Waals surface area contributed by atoms with Gasteiger partial charge in [-0.25, -0.2) is 9.97 Å². The molecule has 0 atom stereocenters. The van der Waals surface area contributed by atoms with E-state index in [1.54, 1.807) is 0 Å². The molecule has 2 aromatic rings. The van der Waals surface area contributed by atoms with Gasteiger partial charge in [-0.2, -0.15) is 0 Å². The van der Waals surface area contributed by atoms with E-state index in [4.69, 9.17) is 4.98 Å². The summed E-state index contributed by atoms with van der Waals surface area (Å²) < 4.78 is 0. The second-order valence-corrected chi connectivity index (χ2v) is 7.30. The van der Waals surface area contributed by atoms with Crippen LogP contribution in [0.25, 0.3) is 11.4 Å². The SMILES string of the molecule is CCCCN(C)c1cc(C(=O)N2CCN(CC)CC2)nc(-c2ccccc2)n1. The topological polar surface area (TPSA) is 52.6 Å². The van der Waals surface area contributed by atoms with E-state index in [0.717, 1.165) is 63.5 Å². The summed E-state index contributed by atoms with van der Waals surface area (Å²) in [5.74, 6) is 1.41. The Balaban J connectivity index is 1.89. The number of nitrogens with zero attached hydrogens (tertiary/aromatic N) is 5. The number of likely N-dealkylation sites (N-methyl/N-ethyl adjacent to an activating group) is 1. The van der Waals surface area contributed by atoms with Gasteiger partial charge in [0.25, 0.3) is 5.91 Å². The highest BCUT2D eigenvalue weighted by Crippen LogP contribution is 2.21. The number of unbranched alkanes of at least 4 members (excludes halogenated alkanes) is 1. The monoisotopic (exact) mass is 381 g/mol. The van der Waals surface area contributed by atoms with Crippen LogP contribution in [-0.2, 0) is 0 Å². The predicted molar refractivity (Wildman–Crippen MR) is 114 cm³/mol. The number of anilines is 1. The zero-order valence-electron chi connectivity index (χ0n) is 17.3. The average molecular weight is 382 g/mol. The zero-order chi connectivity index (χ0) is 19.9. The quantitative estimate of drug-likeness (QED) is 0.737. The summed E-state index contributed by atoms with van der Waals surface area (Å²) in [5.41, 5.74) is 1.41. The molecular weight excluding hydrogens is 350 g/mol. The van der Waals surface area contributed by atoms with E-state index in [9.17, 15) is 4.79 Å². The molecule has 0 bridgehead atoms. The van der Waals surface area contributed by atoms with Gasteiger partial charge in [0.05, 0.1) is 0 Å². The lowest BCUT2D eigenvalue weighted by Crippen LogP contribution is -2.48. The van der Waals surface area contributed by atoms with E-state index in [1.807, 2.05) is 48.3 Å². The number of rotatable bonds is 7. The predicted octanol–water partition coefficient (Wildman–Crippen LogP) is 3.16. The third kappa shape index (κ3) is 4.87. The van der Waals surface area contributed by atoms with Crippen molar-refractivity contribution >= 4 is 11.7 Å². The molecule has 6 nitrogen and oxygen atoms in total. The molecule has 6 heteroatoms. The Morgan fingerprint density at radius 3 is 2.43 bits per heavy atom. The first-order chi connectivity index (χ1) is 13.6. The molecule has 0 spiro atoms. The van der Waals surface area contributed by atoms with Crippen molar-refractivity contribution < 1.29 is 4.79 Å². The molecular formula is C22H31N5O. The fourth-order valence-corrected chi connectivity index (χ4v) is 3.39. The normalized spacial score (nSPS) is 14.9. The summed E-state index contributed by atoms with van der Waals surface area (Å²) >= 11 is 0. The molecule has 1 fully saturated rings. The Labute approximate surface area is 168 Å². The van der Waals surface area contributed by atoms with Crippen LogP contribution in [0.5, 0.6) is 0 Å². The van der Waals surface area contributed by atoms with Gasteiger partial charge in [0, 0.05) is 51.4 Å². The number of amides is 1. The summed E-state index contributed by atoms with van der Waals surface area (Å²) in [7, 11) is 2.03. The minimum absolute atomic E-state index is 0.000440. The van der Waals surface area contributed by atoms with Crippen molar-refractivity contribution in [3.05, 3.63) is 42.1 Å². The smallest absolute Gasteiger partial charge is 0.272 e. The number of carbonyl (C=O) groups is 1. The highest BCUT2D eigenvalue weighted by molar-refractivity contribution is 5.93. The minimum Gasteiger partial charge on any atom is -0.360 e. The molecule has 150 valence electrons. The van der Waals surface area contributed by atoms with Crippen molar-refractivity contribution in [1.82, 2.24) is 19.8 Å². The molecule has 1 amide bonds. The van der Waals surface area contributed by atoms with E-state index in [1.165, 1.54) is 0 Å². The largest absolute Gasteiger partial charge is 0.360 e. The molecule has 0 saturated carbocycles. The number of benzene rings is 1. The number of carbonyl (C=O) groups excluding carboxylic acids is 1. The molecule has 3 rings (SSSR count). The van der Waals surface area contributed by atoms with Gasteiger partial charge in [-0.05, 0) is 13.0 Å². The average Bonchev–Trinajstić information content (AvgIpc) is 2.77. The number of piperazine rings is 1. The van der Waals surface area contributed by atoms with Crippen LogP contribution in [0.3, 0.4) is 0 Å². The Morgan fingerprint density at radius 2 is 1.79 bits per heavy atom. The van der Waals surface area contributed by atoms with Gasteiger partial charge in [-0.15, -0.1) is 0 Å². The molecule has 28 heavy (non-hydrogen) atoms. The summed E-state index contributed by atoms with van der Waals surface area (Å²) in [6, 6.07) is 11.7. The first kappa shape index (κ1) is 20.3. The molecule has 0 N–H and O–H groups in total. The molecule has 1 aromatic carbocycles. The number of hydrogen-bond donors (Lipinski definition) is 0. The van der Waals surface area contributed by atoms with E-state index < -0.39 is 0 Å². The second kappa shape index (κ2) is 9.64. The van der Waals surface area contributed by atoms with Crippen LogP contribution in [0.15, 0.2) is 36.4 Å². The van der Waals surface area contributed by atoms with Crippen molar-refractivity contribution in [1.29, 1.82) is 0 Å². The van der Waals surface area contributed by atoms with Crippen LogP contribution in [-0.4, -0.2) is 72.0 Å². The Bertz CT molecular complexity index is 772. The van der Waals surface area contributed by atoms with E-state index >= 15 is 0 Å². The summed E-state index contributed by atoms with van der Waals surface area (Å²) in [4.78, 5) is 28.9. The highest BCUT2D eigenvalue weighted by Gasteiger charge is 2.24. The molecule has 1 aliphatic heterocycles. The standard InChI is InChI=1S/C22H31N5O/c1-4-6-12-25(3)20-17-19(22(28)27-15-13-26(5-2)14-16-27)23-21(24-20)18-10-8-7-9-11-18/h7-11,17H,4-6,12-16H2,1-3H3. The summed E-state index contributed by atoms with van der Waals surface area (Å²) in [6.45, 7) is 9.60. The van der Waals surface area contributed by atoms with Gasteiger partial charge < -0.3 is 14.7 Å². The van der Waals surface area contributed by atoms with Crippen LogP contribution in [0.4, 0.5) is 5.82 Å². The van der Waals surface area contributed by atoms with Gasteiger partial charge in [0.2, 0.25) is 0 Å². The maximum absolute atomic E-state index is 13.2.